The van der Waals surface area contributed by atoms with Crippen LogP contribution in [0, 0.1) is 6.92 Å². The standard InChI is InChI=1S/C9H8N2OS/c1-6-8(4-7(5-12)13-6)9-2-3-10-11-9/h2-5H,1H3,(H,10,11). The molecule has 66 valence electrons. The molecule has 4 heteroatoms. The Bertz CT molecular complexity index is 417. The zero-order valence-corrected chi connectivity index (χ0v) is 7.89. The van der Waals surface area contributed by atoms with Gasteiger partial charge in [0.15, 0.2) is 6.29 Å². The van der Waals surface area contributed by atoms with Gasteiger partial charge in [-0.05, 0) is 19.1 Å². The maximum atomic E-state index is 10.5. The van der Waals surface area contributed by atoms with E-state index in [0.29, 0.717) is 0 Å². The molecule has 0 aliphatic rings. The molecule has 0 radical (unpaired) electrons. The molecule has 0 aliphatic carbocycles. The summed E-state index contributed by atoms with van der Waals surface area (Å²) in [5.74, 6) is 0. The van der Waals surface area contributed by atoms with Crippen LogP contribution in [0.25, 0.3) is 11.3 Å². The van der Waals surface area contributed by atoms with Crippen molar-refractivity contribution in [3.8, 4) is 11.3 Å². The first-order valence-corrected chi connectivity index (χ1v) is 4.68. The van der Waals surface area contributed by atoms with Crippen molar-refractivity contribution < 1.29 is 4.79 Å². The molecule has 0 saturated carbocycles. The number of H-pyrrole nitrogens is 1. The lowest BCUT2D eigenvalue weighted by molar-refractivity contribution is 0.112. The summed E-state index contributed by atoms with van der Waals surface area (Å²) in [6.45, 7) is 1.99. The maximum Gasteiger partial charge on any atom is 0.160 e. The molecule has 2 rings (SSSR count). The van der Waals surface area contributed by atoms with Crippen LogP contribution in [-0.4, -0.2) is 16.5 Å². The van der Waals surface area contributed by atoms with Gasteiger partial charge in [0, 0.05) is 16.6 Å². The van der Waals surface area contributed by atoms with E-state index in [9.17, 15) is 4.79 Å². The van der Waals surface area contributed by atoms with Gasteiger partial charge in [-0.1, -0.05) is 0 Å². The summed E-state index contributed by atoms with van der Waals surface area (Å²) in [5.41, 5.74) is 1.93. The zero-order chi connectivity index (χ0) is 9.26. The lowest BCUT2D eigenvalue weighted by Crippen LogP contribution is -1.76. The summed E-state index contributed by atoms with van der Waals surface area (Å²) in [4.78, 5) is 12.4. The van der Waals surface area contributed by atoms with Gasteiger partial charge in [0.2, 0.25) is 0 Å². The molecule has 2 aromatic heterocycles. The van der Waals surface area contributed by atoms with E-state index in [1.165, 1.54) is 11.3 Å². The van der Waals surface area contributed by atoms with E-state index in [0.717, 1.165) is 27.3 Å². The first-order valence-electron chi connectivity index (χ1n) is 3.87. The van der Waals surface area contributed by atoms with Crippen molar-refractivity contribution in [1.29, 1.82) is 0 Å². The normalized spacial score (nSPS) is 10.2. The topological polar surface area (TPSA) is 45.8 Å². The van der Waals surface area contributed by atoms with Gasteiger partial charge in [-0.3, -0.25) is 9.89 Å². The average Bonchev–Trinajstić information content (AvgIpc) is 2.72. The van der Waals surface area contributed by atoms with Crippen molar-refractivity contribution in [2.75, 3.05) is 0 Å². The van der Waals surface area contributed by atoms with Crippen LogP contribution in [0.3, 0.4) is 0 Å². The minimum absolute atomic E-state index is 0.746. The second kappa shape index (κ2) is 3.14. The predicted octanol–water partition coefficient (Wildman–Crippen LogP) is 2.26. The smallest absolute Gasteiger partial charge is 0.160 e. The molecule has 3 nitrogen and oxygen atoms in total. The Morgan fingerprint density at radius 3 is 3.00 bits per heavy atom. The number of rotatable bonds is 2. The highest BCUT2D eigenvalue weighted by Crippen LogP contribution is 2.28. The summed E-state index contributed by atoms with van der Waals surface area (Å²) in [6, 6.07) is 3.76. The molecule has 0 fully saturated rings. The fourth-order valence-electron chi connectivity index (χ4n) is 1.23. The number of hydrogen-bond donors (Lipinski definition) is 1. The second-order valence-corrected chi connectivity index (χ2v) is 3.98. The number of hydrogen-bond acceptors (Lipinski definition) is 3. The summed E-state index contributed by atoms with van der Waals surface area (Å²) >= 11 is 1.49. The van der Waals surface area contributed by atoms with Gasteiger partial charge in [0.05, 0.1) is 10.6 Å². The number of carbonyl (C=O) groups is 1. The molecule has 0 aliphatic heterocycles. The van der Waals surface area contributed by atoms with Gasteiger partial charge in [0.1, 0.15) is 0 Å². The molecule has 13 heavy (non-hydrogen) atoms. The summed E-state index contributed by atoms with van der Waals surface area (Å²) in [6.07, 6.45) is 2.64. The van der Waals surface area contributed by atoms with Crippen molar-refractivity contribution in [2.45, 2.75) is 6.92 Å². The largest absolute Gasteiger partial charge is 0.297 e. The number of nitrogens with one attached hydrogen (secondary N) is 1. The average molecular weight is 192 g/mol. The Balaban J connectivity index is 2.52. The predicted molar refractivity (Wildman–Crippen MR) is 52.0 cm³/mol. The zero-order valence-electron chi connectivity index (χ0n) is 7.07. The molecule has 0 unspecified atom stereocenters. The van der Waals surface area contributed by atoms with E-state index in [1.54, 1.807) is 6.20 Å². The van der Waals surface area contributed by atoms with Crippen LogP contribution in [0.2, 0.25) is 0 Å². The fraction of sp³-hybridized carbons (Fsp3) is 0.111. The molecule has 2 heterocycles. The van der Waals surface area contributed by atoms with E-state index < -0.39 is 0 Å². The Morgan fingerprint density at radius 2 is 2.46 bits per heavy atom. The van der Waals surface area contributed by atoms with Crippen LogP contribution < -0.4 is 0 Å². The molecule has 0 amide bonds. The maximum absolute atomic E-state index is 10.5. The minimum atomic E-state index is 0.746. The highest BCUT2D eigenvalue weighted by atomic mass is 32.1. The van der Waals surface area contributed by atoms with Crippen molar-refractivity contribution in [3.05, 3.63) is 28.1 Å². The quantitative estimate of drug-likeness (QED) is 0.742. The van der Waals surface area contributed by atoms with Gasteiger partial charge in [0.25, 0.3) is 0 Å². The third-order valence-electron chi connectivity index (χ3n) is 1.83. The van der Waals surface area contributed by atoms with E-state index in [4.69, 9.17) is 0 Å². The molecule has 0 aromatic carbocycles. The second-order valence-electron chi connectivity index (χ2n) is 2.70. The van der Waals surface area contributed by atoms with Crippen LogP contribution in [0.15, 0.2) is 18.3 Å². The monoisotopic (exact) mass is 192 g/mol. The molecular formula is C9H8N2OS. The van der Waals surface area contributed by atoms with Crippen LogP contribution in [0.4, 0.5) is 0 Å². The minimum Gasteiger partial charge on any atom is -0.297 e. The summed E-state index contributed by atoms with van der Waals surface area (Å²) in [5, 5.41) is 6.81. The number of aromatic nitrogens is 2. The third-order valence-corrected chi connectivity index (χ3v) is 2.81. The number of thiophene rings is 1. The SMILES string of the molecule is Cc1sc(C=O)cc1-c1cc[nH]n1. The Morgan fingerprint density at radius 1 is 1.62 bits per heavy atom. The van der Waals surface area contributed by atoms with Gasteiger partial charge in [-0.15, -0.1) is 11.3 Å². The highest BCUT2D eigenvalue weighted by Gasteiger charge is 2.08. The van der Waals surface area contributed by atoms with Crippen LogP contribution in [0.5, 0.6) is 0 Å². The summed E-state index contributed by atoms with van der Waals surface area (Å²) in [7, 11) is 0. The van der Waals surface area contributed by atoms with Crippen LogP contribution in [-0.2, 0) is 0 Å². The Kier molecular flexibility index (Phi) is 1.98. The first-order chi connectivity index (χ1) is 6.31. The van der Waals surface area contributed by atoms with Crippen LogP contribution in [0.1, 0.15) is 14.5 Å². The number of carbonyl (C=O) groups excluding carboxylic acids is 1. The molecular weight excluding hydrogens is 184 g/mol. The molecule has 2 aromatic rings. The Hall–Kier alpha value is -1.42. The number of nitrogens with zero attached hydrogens (tertiary/aromatic N) is 1. The van der Waals surface area contributed by atoms with Gasteiger partial charge >= 0.3 is 0 Å². The molecule has 0 atom stereocenters. The molecule has 0 bridgehead atoms. The molecule has 1 N–H and O–H groups in total. The van der Waals surface area contributed by atoms with Gasteiger partial charge in [-0.2, -0.15) is 5.10 Å². The van der Waals surface area contributed by atoms with E-state index in [2.05, 4.69) is 10.2 Å². The van der Waals surface area contributed by atoms with Crippen molar-refractivity contribution in [2.24, 2.45) is 0 Å². The first kappa shape index (κ1) is 8.19. The molecule has 0 spiro atoms. The highest BCUT2D eigenvalue weighted by molar-refractivity contribution is 7.14. The van der Waals surface area contributed by atoms with Crippen molar-refractivity contribution in [3.63, 3.8) is 0 Å². The summed E-state index contributed by atoms with van der Waals surface area (Å²) < 4.78 is 0. The third kappa shape index (κ3) is 1.40. The number of aromatic amines is 1. The number of aryl methyl sites for hydroxylation is 1. The number of aldehydes is 1. The Labute approximate surface area is 79.4 Å². The van der Waals surface area contributed by atoms with Crippen LogP contribution >= 0.6 is 11.3 Å². The van der Waals surface area contributed by atoms with Gasteiger partial charge in [-0.25, -0.2) is 0 Å². The van der Waals surface area contributed by atoms with Gasteiger partial charge < -0.3 is 0 Å². The van der Waals surface area contributed by atoms with E-state index in [1.807, 2.05) is 19.1 Å². The lowest BCUT2D eigenvalue weighted by Gasteiger charge is -1.90. The van der Waals surface area contributed by atoms with Crippen molar-refractivity contribution >= 4 is 17.6 Å². The van der Waals surface area contributed by atoms with E-state index in [-0.39, 0.29) is 0 Å². The fourth-order valence-corrected chi connectivity index (χ4v) is 2.08. The molecule has 0 saturated heterocycles. The lowest BCUT2D eigenvalue weighted by atomic mass is 10.2. The van der Waals surface area contributed by atoms with Crippen molar-refractivity contribution in [1.82, 2.24) is 10.2 Å². The van der Waals surface area contributed by atoms with E-state index >= 15 is 0 Å².